The molecule has 0 radical (unpaired) electrons. The van der Waals surface area contributed by atoms with E-state index in [4.69, 9.17) is 39.5 Å². The van der Waals surface area contributed by atoms with Crippen molar-refractivity contribution in [3.8, 4) is 22.7 Å². The zero-order valence-corrected chi connectivity index (χ0v) is 19.6. The summed E-state index contributed by atoms with van der Waals surface area (Å²) in [4.78, 5) is 12.0. The maximum atomic E-state index is 12.0. The highest BCUT2D eigenvalue weighted by molar-refractivity contribution is 6.42. The molecule has 0 unspecified atom stereocenters. The number of hydrogen-bond acceptors (Lipinski definition) is 3. The first-order valence-corrected chi connectivity index (χ1v) is 10.9. The van der Waals surface area contributed by atoms with Crippen LogP contribution in [0.4, 0.5) is 0 Å². The average molecular weight is 500 g/mol. The molecule has 0 saturated heterocycles. The van der Waals surface area contributed by atoms with Gasteiger partial charge in [0.1, 0.15) is 5.75 Å². The minimum absolute atomic E-state index is 0.0896. The number of nitrogens with zero attached hydrogens (tertiary/aromatic N) is 2. The van der Waals surface area contributed by atoms with E-state index in [9.17, 15) is 9.90 Å². The van der Waals surface area contributed by atoms with Gasteiger partial charge < -0.3 is 9.84 Å². The highest BCUT2D eigenvalue weighted by Crippen LogP contribution is 2.32. The molecule has 4 rings (SSSR count). The van der Waals surface area contributed by atoms with Crippen molar-refractivity contribution in [3.05, 3.63) is 99.1 Å². The molecule has 0 aliphatic carbocycles. The minimum Gasteiger partial charge on any atom is -0.497 e. The largest absolute Gasteiger partial charge is 0.497 e. The second-order valence-corrected chi connectivity index (χ2v) is 8.31. The zero-order chi connectivity index (χ0) is 23.5. The second-order valence-electron chi connectivity index (χ2n) is 7.06. The third-order valence-electron chi connectivity index (χ3n) is 4.94. The fourth-order valence-corrected chi connectivity index (χ4v) is 3.72. The van der Waals surface area contributed by atoms with Crippen LogP contribution >= 0.6 is 34.8 Å². The molecule has 0 bridgehead atoms. The molecule has 0 aliphatic heterocycles. The summed E-state index contributed by atoms with van der Waals surface area (Å²) >= 11 is 18.3. The van der Waals surface area contributed by atoms with Crippen molar-refractivity contribution in [2.75, 3.05) is 7.11 Å². The summed E-state index contributed by atoms with van der Waals surface area (Å²) in [6.45, 7) is 0. The highest BCUT2D eigenvalue weighted by Gasteiger charge is 2.16. The number of carbonyl (C=O) groups is 1. The van der Waals surface area contributed by atoms with E-state index in [0.29, 0.717) is 37.8 Å². The van der Waals surface area contributed by atoms with Crippen LogP contribution in [0.25, 0.3) is 28.6 Å². The smallest absolute Gasteiger partial charge is 0.336 e. The number of aromatic nitrogens is 2. The van der Waals surface area contributed by atoms with Crippen LogP contribution < -0.4 is 4.74 Å². The summed E-state index contributed by atoms with van der Waals surface area (Å²) in [5.41, 5.74) is 3.31. The van der Waals surface area contributed by atoms with Gasteiger partial charge in [0.25, 0.3) is 0 Å². The summed E-state index contributed by atoms with van der Waals surface area (Å²) in [5.74, 6) is -0.370. The predicted octanol–water partition coefficient (Wildman–Crippen LogP) is 7.13. The lowest BCUT2D eigenvalue weighted by molar-refractivity contribution is -0.130. The molecule has 0 fully saturated rings. The first kappa shape index (κ1) is 22.9. The topological polar surface area (TPSA) is 64.4 Å². The summed E-state index contributed by atoms with van der Waals surface area (Å²) < 4.78 is 6.96. The Hall–Kier alpha value is -3.25. The molecule has 1 heterocycles. The van der Waals surface area contributed by atoms with Crippen molar-refractivity contribution >= 4 is 52.4 Å². The molecule has 1 aromatic heterocycles. The van der Waals surface area contributed by atoms with E-state index in [-0.39, 0.29) is 5.57 Å². The van der Waals surface area contributed by atoms with E-state index < -0.39 is 5.97 Å². The van der Waals surface area contributed by atoms with Crippen molar-refractivity contribution in [2.24, 2.45) is 0 Å². The van der Waals surface area contributed by atoms with Crippen LogP contribution in [-0.4, -0.2) is 28.0 Å². The molecular weight excluding hydrogens is 483 g/mol. The predicted molar refractivity (Wildman–Crippen MR) is 133 cm³/mol. The van der Waals surface area contributed by atoms with Gasteiger partial charge >= 0.3 is 5.97 Å². The van der Waals surface area contributed by atoms with Gasteiger partial charge in [-0.1, -0.05) is 53.0 Å². The van der Waals surface area contributed by atoms with E-state index in [1.54, 1.807) is 54.3 Å². The number of carboxylic acid groups (broad SMARTS) is 1. The number of ether oxygens (including phenoxy) is 1. The third kappa shape index (κ3) is 5.06. The van der Waals surface area contributed by atoms with Crippen LogP contribution in [-0.2, 0) is 4.79 Å². The van der Waals surface area contributed by atoms with Crippen LogP contribution in [0, 0.1) is 0 Å². The summed E-state index contributed by atoms with van der Waals surface area (Å²) in [5, 5.41) is 15.8. The van der Waals surface area contributed by atoms with Gasteiger partial charge in [0, 0.05) is 10.6 Å². The van der Waals surface area contributed by atoms with Crippen molar-refractivity contribution in [1.82, 2.24) is 9.78 Å². The Kier molecular flexibility index (Phi) is 6.75. The lowest BCUT2D eigenvalue weighted by Gasteiger charge is -2.09. The molecule has 4 aromatic rings. The monoisotopic (exact) mass is 498 g/mol. The van der Waals surface area contributed by atoms with Gasteiger partial charge in [-0.05, 0) is 66.2 Å². The van der Waals surface area contributed by atoms with Crippen molar-refractivity contribution in [2.45, 2.75) is 0 Å². The average Bonchev–Trinajstić information content (AvgIpc) is 3.24. The lowest BCUT2D eigenvalue weighted by atomic mass is 10.0. The fraction of sp³-hybridized carbons (Fsp3) is 0.0400. The van der Waals surface area contributed by atoms with Crippen molar-refractivity contribution in [3.63, 3.8) is 0 Å². The number of methoxy groups -OCH3 is 1. The molecule has 0 aliphatic rings. The van der Waals surface area contributed by atoms with E-state index >= 15 is 0 Å². The molecule has 5 nitrogen and oxygen atoms in total. The van der Waals surface area contributed by atoms with E-state index in [2.05, 4.69) is 5.10 Å². The van der Waals surface area contributed by atoms with Gasteiger partial charge in [0.2, 0.25) is 0 Å². The maximum Gasteiger partial charge on any atom is 0.336 e. The van der Waals surface area contributed by atoms with Crippen LogP contribution in [0.15, 0.2) is 72.8 Å². The Balaban J connectivity index is 1.87. The molecule has 166 valence electrons. The van der Waals surface area contributed by atoms with Crippen LogP contribution in [0.5, 0.6) is 5.75 Å². The van der Waals surface area contributed by atoms with Crippen LogP contribution in [0.1, 0.15) is 11.3 Å². The molecule has 33 heavy (non-hydrogen) atoms. The zero-order valence-electron chi connectivity index (χ0n) is 17.3. The van der Waals surface area contributed by atoms with E-state index in [1.165, 1.54) is 6.08 Å². The number of aliphatic carboxylic acids is 1. The van der Waals surface area contributed by atoms with E-state index in [0.717, 1.165) is 11.3 Å². The molecule has 1 N–H and O–H groups in total. The second kappa shape index (κ2) is 9.71. The third-order valence-corrected chi connectivity index (χ3v) is 5.93. The first-order valence-electron chi connectivity index (χ1n) is 9.76. The first-order chi connectivity index (χ1) is 15.9. The number of hydrogen-bond donors (Lipinski definition) is 1. The standard InChI is InChI=1S/C25H17Cl3N2O3/c1-33-20-9-7-19(8-10-20)30-24(16-4-11-22(27)23(28)12-16)14-18(29-30)13-21(25(31)32)15-2-5-17(26)6-3-15/h2-14H,1H3,(H,31,32)/b21-13+. The Bertz CT molecular complexity index is 1340. The Morgan fingerprint density at radius 3 is 2.24 bits per heavy atom. The summed E-state index contributed by atoms with van der Waals surface area (Å²) in [6, 6.07) is 21.0. The minimum atomic E-state index is -1.08. The normalized spacial score (nSPS) is 11.5. The highest BCUT2D eigenvalue weighted by atomic mass is 35.5. The quantitative estimate of drug-likeness (QED) is 0.287. The number of rotatable bonds is 6. The maximum absolute atomic E-state index is 12.0. The fourth-order valence-electron chi connectivity index (χ4n) is 3.30. The molecule has 0 saturated carbocycles. The van der Waals surface area contributed by atoms with Crippen molar-refractivity contribution < 1.29 is 14.6 Å². The molecule has 0 amide bonds. The molecule has 8 heteroatoms. The van der Waals surface area contributed by atoms with Crippen molar-refractivity contribution in [1.29, 1.82) is 0 Å². The van der Waals surface area contributed by atoms with Gasteiger partial charge in [0.05, 0.1) is 39.8 Å². The Labute approximate surface area is 205 Å². The Morgan fingerprint density at radius 2 is 1.64 bits per heavy atom. The summed E-state index contributed by atoms with van der Waals surface area (Å²) in [7, 11) is 1.59. The van der Waals surface area contributed by atoms with E-state index in [1.807, 2.05) is 30.3 Å². The number of carboxylic acids is 1. The van der Waals surface area contributed by atoms with Crippen LogP contribution in [0.3, 0.4) is 0 Å². The van der Waals surface area contributed by atoms with Gasteiger partial charge in [0.15, 0.2) is 0 Å². The molecule has 0 spiro atoms. The molecule has 3 aromatic carbocycles. The molecule has 0 atom stereocenters. The van der Waals surface area contributed by atoms with Gasteiger partial charge in [-0.15, -0.1) is 0 Å². The summed E-state index contributed by atoms with van der Waals surface area (Å²) in [6.07, 6.45) is 1.52. The van der Waals surface area contributed by atoms with Gasteiger partial charge in [-0.2, -0.15) is 5.10 Å². The molecular formula is C25H17Cl3N2O3. The lowest BCUT2D eigenvalue weighted by Crippen LogP contribution is -2.01. The number of benzene rings is 3. The van der Waals surface area contributed by atoms with Crippen LogP contribution in [0.2, 0.25) is 15.1 Å². The Morgan fingerprint density at radius 1 is 0.939 bits per heavy atom. The van der Waals surface area contributed by atoms with Gasteiger partial charge in [-0.25, -0.2) is 9.48 Å². The number of halogens is 3. The van der Waals surface area contributed by atoms with Gasteiger partial charge in [-0.3, -0.25) is 0 Å². The SMILES string of the molecule is COc1ccc(-n2nc(/C=C(/C(=O)O)c3ccc(Cl)cc3)cc2-c2ccc(Cl)c(Cl)c2)cc1.